The van der Waals surface area contributed by atoms with Gasteiger partial charge in [-0.2, -0.15) is 0 Å². The van der Waals surface area contributed by atoms with E-state index in [0.29, 0.717) is 34.4 Å². The number of amides is 2. The first-order chi connectivity index (χ1) is 19.0. The van der Waals surface area contributed by atoms with Crippen molar-refractivity contribution in [3.63, 3.8) is 0 Å². The lowest BCUT2D eigenvalue weighted by molar-refractivity contribution is 0.0767. The largest absolute Gasteiger partial charge is 0.465 e. The highest BCUT2D eigenvalue weighted by Crippen LogP contribution is 2.36. The smallest absolute Gasteiger partial charge is 0.407 e. The number of carboxylic acid groups (broad SMARTS) is 1. The summed E-state index contributed by atoms with van der Waals surface area (Å²) in [6, 6.07) is 20.9. The Bertz CT molecular complexity index is 1460. The molecule has 0 aliphatic carbocycles. The first-order valence-corrected chi connectivity index (χ1v) is 15.2. The fraction of sp³-hybridized carbons (Fsp3) is 0.286. The van der Waals surface area contributed by atoms with E-state index in [-0.39, 0.29) is 37.1 Å². The molecule has 0 spiro atoms. The van der Waals surface area contributed by atoms with Crippen LogP contribution in [0.4, 0.5) is 10.5 Å². The summed E-state index contributed by atoms with van der Waals surface area (Å²) < 4.78 is 27.3. The highest BCUT2D eigenvalue weighted by atomic mass is 35.5. The maximum atomic E-state index is 13.0. The van der Waals surface area contributed by atoms with E-state index in [1.807, 2.05) is 48.5 Å². The van der Waals surface area contributed by atoms with Gasteiger partial charge in [0.05, 0.1) is 30.1 Å². The molecule has 3 aromatic rings. The van der Waals surface area contributed by atoms with Crippen molar-refractivity contribution in [3.8, 4) is 0 Å². The number of halogens is 2. The topological polar surface area (TPSA) is 110 Å². The lowest BCUT2D eigenvalue weighted by Crippen LogP contribution is -2.61. The van der Waals surface area contributed by atoms with Crippen LogP contribution in [0.1, 0.15) is 27.5 Å². The van der Waals surface area contributed by atoms with Crippen molar-refractivity contribution in [1.82, 2.24) is 15.1 Å². The molecule has 2 aliphatic rings. The molecule has 0 unspecified atom stereocenters. The normalized spacial score (nSPS) is 16.4. The summed E-state index contributed by atoms with van der Waals surface area (Å²) in [5, 5.41) is 13.1. The Morgan fingerprint density at radius 1 is 0.925 bits per heavy atom. The predicted octanol–water partition coefficient (Wildman–Crippen LogP) is 4.33. The third-order valence-corrected chi connectivity index (χ3v) is 8.89. The van der Waals surface area contributed by atoms with Crippen LogP contribution in [0.3, 0.4) is 0 Å². The van der Waals surface area contributed by atoms with Crippen molar-refractivity contribution in [3.05, 3.63) is 99.5 Å². The second kappa shape index (κ2) is 11.3. The van der Waals surface area contributed by atoms with Crippen LogP contribution in [0.5, 0.6) is 0 Å². The van der Waals surface area contributed by atoms with E-state index < -0.39 is 16.1 Å². The number of hydrogen-bond acceptors (Lipinski definition) is 5. The van der Waals surface area contributed by atoms with E-state index in [9.17, 15) is 18.0 Å². The molecule has 0 atom stereocenters. The van der Waals surface area contributed by atoms with Crippen LogP contribution in [0.2, 0.25) is 10.0 Å². The summed E-state index contributed by atoms with van der Waals surface area (Å²) in [7, 11) is -3.68. The van der Waals surface area contributed by atoms with Gasteiger partial charge in [-0.15, -0.1) is 0 Å². The van der Waals surface area contributed by atoms with E-state index in [0.717, 1.165) is 17.4 Å². The summed E-state index contributed by atoms with van der Waals surface area (Å²) >= 11 is 12.3. The zero-order valence-electron chi connectivity index (χ0n) is 21.6. The minimum atomic E-state index is -3.68. The molecule has 12 heteroatoms. The summed E-state index contributed by atoms with van der Waals surface area (Å²) in [5.41, 5.74) is 2.74. The monoisotopic (exact) mass is 602 g/mol. The third kappa shape index (κ3) is 6.05. The highest BCUT2D eigenvalue weighted by Gasteiger charge is 2.41. The van der Waals surface area contributed by atoms with Crippen LogP contribution in [0.25, 0.3) is 0 Å². The van der Waals surface area contributed by atoms with Crippen molar-refractivity contribution in [2.45, 2.75) is 18.1 Å². The number of carbonyl (C=O) groups is 2. The van der Waals surface area contributed by atoms with Crippen molar-refractivity contribution in [2.24, 2.45) is 0 Å². The Morgan fingerprint density at radius 3 is 1.98 bits per heavy atom. The maximum absolute atomic E-state index is 13.0. The fourth-order valence-corrected chi connectivity index (χ4v) is 6.63. The molecule has 0 aromatic heterocycles. The minimum Gasteiger partial charge on any atom is -0.465 e. The van der Waals surface area contributed by atoms with Gasteiger partial charge in [-0.25, -0.2) is 13.2 Å². The van der Waals surface area contributed by atoms with E-state index in [2.05, 4.69) is 10.2 Å². The van der Waals surface area contributed by atoms with Gasteiger partial charge >= 0.3 is 6.09 Å². The highest BCUT2D eigenvalue weighted by molar-refractivity contribution is 7.92. The van der Waals surface area contributed by atoms with Gasteiger partial charge in [0.15, 0.2) is 0 Å². The van der Waals surface area contributed by atoms with Gasteiger partial charge in [0.1, 0.15) is 0 Å². The van der Waals surface area contributed by atoms with Gasteiger partial charge in [0.25, 0.3) is 5.91 Å². The number of sulfonamides is 1. The number of benzene rings is 3. The Morgan fingerprint density at radius 2 is 1.48 bits per heavy atom. The summed E-state index contributed by atoms with van der Waals surface area (Å²) in [4.78, 5) is 27.2. The number of rotatable bonds is 8. The van der Waals surface area contributed by atoms with E-state index >= 15 is 0 Å². The van der Waals surface area contributed by atoms with Crippen LogP contribution >= 0.6 is 23.2 Å². The molecule has 0 saturated carbocycles. The summed E-state index contributed by atoms with van der Waals surface area (Å²) in [5.74, 6) is -0.383. The van der Waals surface area contributed by atoms with Crippen LogP contribution in [0, 0.1) is 0 Å². The number of carbonyl (C=O) groups excluding carboxylic acids is 1. The standard InChI is InChI=1S/C28H28Cl2N4O5S/c1-40(38,39)34(24-4-2-3-20(13-24)27(35)31-23-14-33(15-23)28(36)37)25-16-32(17-25)26(18-5-9-21(29)10-6-18)19-7-11-22(30)12-8-19/h2-13,23,25-26H,14-17H2,1H3,(H,31,35)(H,36,37). The quantitative estimate of drug-likeness (QED) is 0.397. The molecule has 2 N–H and O–H groups in total. The molecule has 9 nitrogen and oxygen atoms in total. The molecule has 2 saturated heterocycles. The summed E-state index contributed by atoms with van der Waals surface area (Å²) in [6.07, 6.45) is 0.132. The van der Waals surface area contributed by atoms with Crippen molar-refractivity contribution >= 4 is 50.9 Å². The first-order valence-electron chi connectivity index (χ1n) is 12.6. The van der Waals surface area contributed by atoms with Gasteiger partial charge in [0.2, 0.25) is 10.0 Å². The average molecular weight is 604 g/mol. The second-order valence-corrected chi connectivity index (χ2v) is 12.8. The fourth-order valence-electron chi connectivity index (χ4n) is 5.20. The number of nitrogens with one attached hydrogen (secondary N) is 1. The van der Waals surface area contributed by atoms with Gasteiger partial charge in [-0.3, -0.25) is 14.0 Å². The Kier molecular flexibility index (Phi) is 7.96. The van der Waals surface area contributed by atoms with Crippen molar-refractivity contribution < 1.29 is 23.1 Å². The first kappa shape index (κ1) is 28.2. The zero-order valence-corrected chi connectivity index (χ0v) is 23.9. The van der Waals surface area contributed by atoms with Crippen LogP contribution in [-0.2, 0) is 10.0 Å². The van der Waals surface area contributed by atoms with E-state index in [1.54, 1.807) is 24.3 Å². The average Bonchev–Trinajstić information content (AvgIpc) is 2.85. The molecule has 5 rings (SSSR count). The molecule has 210 valence electrons. The zero-order chi connectivity index (χ0) is 28.6. The van der Waals surface area contributed by atoms with Crippen molar-refractivity contribution in [2.75, 3.05) is 36.7 Å². The lowest BCUT2D eigenvalue weighted by Gasteiger charge is -2.48. The number of hydrogen-bond donors (Lipinski definition) is 2. The van der Waals surface area contributed by atoms with Crippen molar-refractivity contribution in [1.29, 1.82) is 0 Å². The Labute approximate surface area is 242 Å². The molecule has 2 amide bonds. The number of nitrogens with zero attached hydrogens (tertiary/aromatic N) is 3. The SMILES string of the molecule is CS(=O)(=O)N(c1cccc(C(=O)NC2CN(C(=O)O)C2)c1)C1CN(C(c2ccc(Cl)cc2)c2ccc(Cl)cc2)C1. The predicted molar refractivity (Wildman–Crippen MR) is 155 cm³/mol. The lowest BCUT2D eigenvalue weighted by atomic mass is 9.93. The molecule has 2 fully saturated rings. The molecule has 0 radical (unpaired) electrons. The molecule has 40 heavy (non-hydrogen) atoms. The maximum Gasteiger partial charge on any atom is 0.407 e. The number of likely N-dealkylation sites (tertiary alicyclic amines) is 2. The van der Waals surface area contributed by atoms with E-state index in [4.69, 9.17) is 28.3 Å². The van der Waals surface area contributed by atoms with Crippen LogP contribution < -0.4 is 9.62 Å². The Balaban J connectivity index is 1.34. The molecule has 2 aliphatic heterocycles. The Hall–Kier alpha value is -3.31. The van der Waals surface area contributed by atoms with Crippen LogP contribution in [0.15, 0.2) is 72.8 Å². The van der Waals surface area contributed by atoms with Gasteiger partial charge in [-0.1, -0.05) is 53.5 Å². The van der Waals surface area contributed by atoms with Gasteiger partial charge in [0, 0.05) is 41.8 Å². The second-order valence-electron chi connectivity index (χ2n) is 10.1. The number of anilines is 1. The molecular weight excluding hydrogens is 575 g/mol. The van der Waals surface area contributed by atoms with Gasteiger partial charge in [-0.05, 0) is 53.6 Å². The molecule has 2 heterocycles. The molecule has 3 aromatic carbocycles. The summed E-state index contributed by atoms with van der Waals surface area (Å²) in [6.45, 7) is 1.37. The third-order valence-electron chi connectivity index (χ3n) is 7.17. The molecular formula is C28H28Cl2N4O5S. The van der Waals surface area contributed by atoms with E-state index in [1.165, 1.54) is 9.21 Å². The minimum absolute atomic E-state index is 0.128. The van der Waals surface area contributed by atoms with Crippen LogP contribution in [-0.4, -0.2) is 79.8 Å². The van der Waals surface area contributed by atoms with Gasteiger partial charge < -0.3 is 15.3 Å². The molecule has 0 bridgehead atoms.